The van der Waals surface area contributed by atoms with Gasteiger partial charge in [-0.3, -0.25) is 14.4 Å². The Morgan fingerprint density at radius 1 is 1.07 bits per heavy atom. The molecule has 13 heteroatoms. The van der Waals surface area contributed by atoms with E-state index in [1.807, 2.05) is 36.4 Å². The Morgan fingerprint density at radius 3 is 2.50 bits per heavy atom. The molecule has 54 heavy (non-hydrogen) atoms. The molecule has 2 aromatic heterocycles. The molecule has 0 radical (unpaired) electrons. The standard InChI is InChI=1S/C41H37FN4O8/c1-23-14-31-29(32-18-46-37(39(32)45-36(31)16-35(23)42)15-30(24(2)48)34(40(46)50)19-53-22-47)12-7-13-52-21-44-38(49)17-43-41(51)54-20-33-27-10-5-3-8-25(27)26-9-4-6-11-28(26)33/h3-12,14-16,22,24,33,48H,13,17-21H2,1-2H3,(H,43,51)(H,44,49)/b12-7+. The summed E-state index contributed by atoms with van der Waals surface area (Å²) in [5.74, 6) is -1.00. The van der Waals surface area contributed by atoms with Crippen LogP contribution >= 0.6 is 0 Å². The van der Waals surface area contributed by atoms with Crippen molar-refractivity contribution in [3.63, 3.8) is 0 Å². The fourth-order valence-corrected chi connectivity index (χ4v) is 7.16. The molecule has 2 amide bonds. The van der Waals surface area contributed by atoms with E-state index in [-0.39, 0.29) is 57.6 Å². The molecule has 2 aliphatic rings. The van der Waals surface area contributed by atoms with E-state index in [0.29, 0.717) is 44.5 Å². The Hall–Kier alpha value is -6.18. The number of aromatic nitrogens is 2. The van der Waals surface area contributed by atoms with Crippen molar-refractivity contribution in [1.82, 2.24) is 20.2 Å². The Kier molecular flexibility index (Phi) is 10.3. The van der Waals surface area contributed by atoms with Crippen molar-refractivity contribution in [3.05, 3.63) is 128 Å². The van der Waals surface area contributed by atoms with E-state index in [4.69, 9.17) is 19.2 Å². The Bertz CT molecular complexity index is 2340. The molecule has 3 N–H and O–H groups in total. The number of nitrogens with zero attached hydrogens (tertiary/aromatic N) is 2. The zero-order chi connectivity index (χ0) is 37.9. The maximum Gasteiger partial charge on any atom is 0.407 e. The number of aliphatic hydroxyl groups is 1. The average molecular weight is 733 g/mol. The number of aliphatic hydroxyl groups excluding tert-OH is 1. The lowest BCUT2D eigenvalue weighted by molar-refractivity contribution is -0.130. The third-order valence-electron chi connectivity index (χ3n) is 9.76. The van der Waals surface area contributed by atoms with Gasteiger partial charge in [-0.25, -0.2) is 14.2 Å². The molecule has 0 fully saturated rings. The first-order valence-corrected chi connectivity index (χ1v) is 17.4. The molecule has 1 atom stereocenters. The lowest BCUT2D eigenvalue weighted by Crippen LogP contribution is -2.38. The Labute approximate surface area is 309 Å². The molecule has 0 bridgehead atoms. The summed E-state index contributed by atoms with van der Waals surface area (Å²) >= 11 is 0. The van der Waals surface area contributed by atoms with Gasteiger partial charge in [0.15, 0.2) is 0 Å². The summed E-state index contributed by atoms with van der Waals surface area (Å²) in [7, 11) is 0. The maximum atomic E-state index is 14.7. The van der Waals surface area contributed by atoms with Crippen LogP contribution in [-0.2, 0) is 37.0 Å². The third-order valence-corrected chi connectivity index (χ3v) is 9.76. The van der Waals surface area contributed by atoms with Gasteiger partial charge in [0.1, 0.15) is 32.3 Å². The molecular formula is C41H37FN4O8. The summed E-state index contributed by atoms with van der Waals surface area (Å²) in [5, 5.41) is 16.2. The molecular weight excluding hydrogens is 695 g/mol. The van der Waals surface area contributed by atoms with Gasteiger partial charge in [0.25, 0.3) is 12.0 Å². The summed E-state index contributed by atoms with van der Waals surface area (Å²) in [6.07, 6.45) is 1.79. The van der Waals surface area contributed by atoms with Gasteiger partial charge in [-0.15, -0.1) is 0 Å². The van der Waals surface area contributed by atoms with Crippen LogP contribution in [0.1, 0.15) is 57.9 Å². The predicted octanol–water partition coefficient (Wildman–Crippen LogP) is 5.24. The van der Waals surface area contributed by atoms with Crippen LogP contribution < -0.4 is 16.2 Å². The van der Waals surface area contributed by atoms with Crippen molar-refractivity contribution in [1.29, 1.82) is 0 Å². The summed E-state index contributed by atoms with van der Waals surface area (Å²) < 4.78 is 32.2. The number of hydrogen-bond acceptors (Lipinski definition) is 9. The van der Waals surface area contributed by atoms with Crippen LogP contribution in [0.4, 0.5) is 9.18 Å². The first kappa shape index (κ1) is 36.2. The number of alkyl carbamates (subject to hydrolysis) is 1. The molecule has 3 aromatic carbocycles. The van der Waals surface area contributed by atoms with E-state index in [9.17, 15) is 28.7 Å². The van der Waals surface area contributed by atoms with Crippen LogP contribution in [0, 0.1) is 12.7 Å². The summed E-state index contributed by atoms with van der Waals surface area (Å²) in [4.78, 5) is 54.1. The molecule has 1 aliphatic heterocycles. The second-order valence-electron chi connectivity index (χ2n) is 13.1. The molecule has 3 heterocycles. The van der Waals surface area contributed by atoms with Crippen molar-refractivity contribution < 1.29 is 38.1 Å². The van der Waals surface area contributed by atoms with Crippen LogP contribution in [0.15, 0.2) is 77.6 Å². The number of ether oxygens (including phenoxy) is 3. The highest BCUT2D eigenvalue weighted by Gasteiger charge is 2.30. The number of halogens is 1. The first-order chi connectivity index (χ1) is 26.2. The van der Waals surface area contributed by atoms with E-state index in [0.717, 1.165) is 22.3 Å². The van der Waals surface area contributed by atoms with Crippen LogP contribution in [-0.4, -0.2) is 59.6 Å². The van der Waals surface area contributed by atoms with Gasteiger partial charge in [0.05, 0.1) is 41.7 Å². The van der Waals surface area contributed by atoms with Crippen LogP contribution in [0.2, 0.25) is 0 Å². The monoisotopic (exact) mass is 732 g/mol. The first-order valence-electron chi connectivity index (χ1n) is 17.4. The number of amides is 2. The highest BCUT2D eigenvalue weighted by atomic mass is 19.1. The largest absolute Gasteiger partial charge is 0.463 e. The lowest BCUT2D eigenvalue weighted by atomic mass is 9.98. The van der Waals surface area contributed by atoms with Crippen LogP contribution in [0.5, 0.6) is 0 Å². The van der Waals surface area contributed by atoms with Crippen molar-refractivity contribution in [2.75, 3.05) is 26.5 Å². The zero-order valence-electron chi connectivity index (χ0n) is 29.6. The third kappa shape index (κ3) is 6.98. The minimum Gasteiger partial charge on any atom is -0.463 e. The van der Waals surface area contributed by atoms with Crippen molar-refractivity contribution in [2.24, 2.45) is 0 Å². The lowest BCUT2D eigenvalue weighted by Gasteiger charge is -2.14. The highest BCUT2D eigenvalue weighted by molar-refractivity contribution is 5.94. The Morgan fingerprint density at radius 2 is 1.80 bits per heavy atom. The summed E-state index contributed by atoms with van der Waals surface area (Å²) in [6.45, 7) is 3.02. The summed E-state index contributed by atoms with van der Waals surface area (Å²) in [5.41, 5.74) is 7.55. The number of carbonyl (C=O) groups excluding carboxylic acids is 3. The zero-order valence-corrected chi connectivity index (χ0v) is 29.6. The highest BCUT2D eigenvalue weighted by Crippen LogP contribution is 2.44. The smallest absolute Gasteiger partial charge is 0.407 e. The van der Waals surface area contributed by atoms with Gasteiger partial charge in [0.2, 0.25) is 5.91 Å². The minimum atomic E-state index is -1.03. The topological polar surface area (TPSA) is 158 Å². The molecule has 12 nitrogen and oxygen atoms in total. The number of carbonyl (C=O) groups is 3. The predicted molar refractivity (Wildman–Crippen MR) is 198 cm³/mol. The van der Waals surface area contributed by atoms with Crippen molar-refractivity contribution >= 4 is 35.5 Å². The van der Waals surface area contributed by atoms with E-state index in [1.165, 1.54) is 17.6 Å². The van der Waals surface area contributed by atoms with Crippen molar-refractivity contribution in [2.45, 2.75) is 39.0 Å². The van der Waals surface area contributed by atoms with Crippen molar-refractivity contribution in [3.8, 4) is 22.5 Å². The number of pyridine rings is 2. The van der Waals surface area contributed by atoms with E-state index < -0.39 is 29.5 Å². The SMILES string of the molecule is Cc1cc2c(/C=C/COCNC(=O)CNC(=O)OCC3c4ccccc4-c4ccccc43)c3c(nc2cc1F)-c1cc(C(C)O)c(COC=O)c(=O)n1C3. The molecule has 1 unspecified atom stereocenters. The van der Waals surface area contributed by atoms with Crippen LogP contribution in [0.3, 0.4) is 0 Å². The second-order valence-corrected chi connectivity index (χ2v) is 13.1. The van der Waals surface area contributed by atoms with Gasteiger partial charge >= 0.3 is 6.09 Å². The number of hydrogen-bond donors (Lipinski definition) is 3. The molecule has 0 saturated heterocycles. The maximum absolute atomic E-state index is 14.7. The van der Waals surface area contributed by atoms with Gasteiger partial charge in [-0.2, -0.15) is 0 Å². The molecule has 7 rings (SSSR count). The fourth-order valence-electron chi connectivity index (χ4n) is 7.16. The van der Waals surface area contributed by atoms with Gasteiger partial charge in [-0.1, -0.05) is 60.7 Å². The number of benzene rings is 3. The molecule has 0 saturated carbocycles. The number of fused-ring (bicyclic) bond motifs is 7. The molecule has 1 aliphatic carbocycles. The van der Waals surface area contributed by atoms with Gasteiger partial charge in [0, 0.05) is 22.9 Å². The van der Waals surface area contributed by atoms with E-state index in [2.05, 4.69) is 22.8 Å². The Balaban J connectivity index is 0.966. The number of aryl methyl sites for hydroxylation is 1. The number of rotatable bonds is 13. The average Bonchev–Trinajstić information content (AvgIpc) is 3.69. The van der Waals surface area contributed by atoms with Crippen LogP contribution in [0.25, 0.3) is 39.5 Å². The number of nitrogens with one attached hydrogen (secondary N) is 2. The minimum absolute atomic E-state index is 0.0884. The molecule has 5 aromatic rings. The fraction of sp³-hybridized carbons (Fsp3) is 0.244. The molecule has 0 spiro atoms. The van der Waals surface area contributed by atoms with E-state index >= 15 is 0 Å². The molecule has 276 valence electrons. The van der Waals surface area contributed by atoms with Gasteiger partial charge < -0.3 is 34.5 Å². The van der Waals surface area contributed by atoms with E-state index in [1.54, 1.807) is 31.2 Å². The normalized spacial score (nSPS) is 13.3. The quantitative estimate of drug-likeness (QED) is 0.0821. The van der Waals surface area contributed by atoms with Gasteiger partial charge in [-0.05, 0) is 64.9 Å². The summed E-state index contributed by atoms with van der Waals surface area (Å²) in [6, 6.07) is 20.7. The second kappa shape index (κ2) is 15.4.